The summed E-state index contributed by atoms with van der Waals surface area (Å²) in [5, 5.41) is 4.18. The molecule has 2 N–H and O–H groups in total. The number of unbranched alkanes of at least 4 members (excludes halogenated alkanes) is 1. The summed E-state index contributed by atoms with van der Waals surface area (Å²) in [4.78, 5) is 15.9. The van der Waals surface area contributed by atoms with Crippen molar-refractivity contribution in [3.05, 3.63) is 59.8 Å². The molecule has 1 amide bonds. The molecule has 0 spiro atoms. The molecule has 0 bridgehead atoms. The largest absolute Gasteiger partial charge is 0.454 e. The average molecular weight is 364 g/mol. The van der Waals surface area contributed by atoms with Crippen molar-refractivity contribution in [2.45, 2.75) is 32.1 Å². The molecule has 0 saturated carbocycles. The predicted octanol–water partition coefficient (Wildman–Crippen LogP) is 4.33. The Kier molecular flexibility index (Phi) is 5.01. The predicted molar refractivity (Wildman–Crippen MR) is 105 cm³/mol. The van der Waals surface area contributed by atoms with Gasteiger partial charge in [0.25, 0.3) is 0 Å². The van der Waals surface area contributed by atoms with Crippen molar-refractivity contribution in [2.24, 2.45) is 0 Å². The summed E-state index contributed by atoms with van der Waals surface area (Å²) in [6.45, 7) is 3.08. The molecular weight excluding hydrogens is 340 g/mol. The second-order valence-corrected chi connectivity index (χ2v) is 6.86. The van der Waals surface area contributed by atoms with Crippen LogP contribution in [0.25, 0.3) is 10.9 Å². The quantitative estimate of drug-likeness (QED) is 0.613. The molecule has 3 aromatic rings. The van der Waals surface area contributed by atoms with Gasteiger partial charge in [-0.2, -0.15) is 0 Å². The first-order chi connectivity index (χ1) is 13.3. The summed E-state index contributed by atoms with van der Waals surface area (Å²) in [6, 6.07) is 14.1. The third-order valence-electron chi connectivity index (χ3n) is 5.04. The van der Waals surface area contributed by atoms with E-state index >= 15 is 0 Å². The molecule has 1 aliphatic rings. The Morgan fingerprint density at radius 2 is 2.04 bits per heavy atom. The van der Waals surface area contributed by atoms with Gasteiger partial charge in [0, 0.05) is 36.0 Å². The second kappa shape index (κ2) is 7.74. The molecule has 5 heteroatoms. The fraction of sp³-hybridized carbons (Fsp3) is 0.318. The highest BCUT2D eigenvalue weighted by atomic mass is 16.7. The summed E-state index contributed by atoms with van der Waals surface area (Å²) in [5.41, 5.74) is 3.24. The lowest BCUT2D eigenvalue weighted by Crippen LogP contribution is -2.26. The molecular formula is C22H24N2O3. The van der Waals surface area contributed by atoms with Crippen LogP contribution in [0.3, 0.4) is 0 Å². The first kappa shape index (κ1) is 17.5. The van der Waals surface area contributed by atoms with Crippen molar-refractivity contribution in [2.75, 3.05) is 13.3 Å². The second-order valence-electron chi connectivity index (χ2n) is 6.86. The van der Waals surface area contributed by atoms with Crippen molar-refractivity contribution >= 4 is 16.8 Å². The Morgan fingerprint density at radius 1 is 1.19 bits per heavy atom. The molecule has 0 unspecified atom stereocenters. The van der Waals surface area contributed by atoms with Gasteiger partial charge in [-0.3, -0.25) is 4.79 Å². The molecule has 0 saturated heterocycles. The van der Waals surface area contributed by atoms with E-state index in [4.69, 9.17) is 9.47 Å². The number of aromatic amines is 1. The third-order valence-corrected chi connectivity index (χ3v) is 5.04. The lowest BCUT2D eigenvalue weighted by molar-refractivity contribution is -0.121. The lowest BCUT2D eigenvalue weighted by atomic mass is 9.87. The number of amides is 1. The van der Waals surface area contributed by atoms with Crippen LogP contribution in [-0.4, -0.2) is 24.2 Å². The van der Waals surface area contributed by atoms with Crippen molar-refractivity contribution in [1.29, 1.82) is 0 Å². The third kappa shape index (κ3) is 3.63. The molecule has 1 aliphatic heterocycles. The molecule has 0 radical (unpaired) electrons. The maximum atomic E-state index is 12.6. The summed E-state index contributed by atoms with van der Waals surface area (Å²) >= 11 is 0. The molecule has 1 atom stereocenters. The van der Waals surface area contributed by atoms with Crippen LogP contribution in [0.15, 0.2) is 48.7 Å². The number of nitrogens with one attached hydrogen (secondary N) is 2. The topological polar surface area (TPSA) is 63.4 Å². The van der Waals surface area contributed by atoms with Gasteiger partial charge in [-0.05, 0) is 35.7 Å². The zero-order chi connectivity index (χ0) is 18.6. The number of aromatic nitrogens is 1. The van der Waals surface area contributed by atoms with E-state index in [1.807, 2.05) is 36.5 Å². The number of hydrogen-bond donors (Lipinski definition) is 2. The molecule has 2 heterocycles. The monoisotopic (exact) mass is 364 g/mol. The normalized spacial score (nSPS) is 13.7. The fourth-order valence-corrected chi connectivity index (χ4v) is 3.58. The van der Waals surface area contributed by atoms with Crippen LogP contribution in [0.4, 0.5) is 0 Å². The minimum atomic E-state index is -0.0581. The number of carbonyl (C=O) groups excluding carboxylic acids is 1. The van der Waals surface area contributed by atoms with E-state index < -0.39 is 0 Å². The molecule has 4 rings (SSSR count). The molecule has 140 valence electrons. The van der Waals surface area contributed by atoms with Crippen molar-refractivity contribution in [3.63, 3.8) is 0 Å². The highest BCUT2D eigenvalue weighted by molar-refractivity contribution is 5.86. The summed E-state index contributed by atoms with van der Waals surface area (Å²) in [5.74, 6) is 1.50. The summed E-state index contributed by atoms with van der Waals surface area (Å²) in [6.07, 6.45) is 4.46. The minimum Gasteiger partial charge on any atom is -0.454 e. The van der Waals surface area contributed by atoms with Gasteiger partial charge in [-0.15, -0.1) is 0 Å². The highest BCUT2D eigenvalue weighted by Crippen LogP contribution is 2.39. The van der Waals surface area contributed by atoms with Crippen LogP contribution in [0.2, 0.25) is 0 Å². The van der Waals surface area contributed by atoms with Crippen molar-refractivity contribution in [1.82, 2.24) is 10.3 Å². The van der Waals surface area contributed by atoms with Gasteiger partial charge in [0.05, 0.1) is 0 Å². The van der Waals surface area contributed by atoms with Gasteiger partial charge in [0.15, 0.2) is 11.5 Å². The summed E-state index contributed by atoms with van der Waals surface area (Å²) in [7, 11) is 0. The Hall–Kier alpha value is -2.95. The van der Waals surface area contributed by atoms with Gasteiger partial charge >= 0.3 is 0 Å². The number of H-pyrrole nitrogens is 1. The van der Waals surface area contributed by atoms with E-state index in [1.165, 1.54) is 0 Å². The first-order valence-electron chi connectivity index (χ1n) is 9.48. The minimum absolute atomic E-state index is 0.0581. The van der Waals surface area contributed by atoms with Crippen LogP contribution < -0.4 is 14.8 Å². The van der Waals surface area contributed by atoms with Crippen molar-refractivity contribution < 1.29 is 14.3 Å². The number of rotatable bonds is 7. The fourth-order valence-electron chi connectivity index (χ4n) is 3.58. The van der Waals surface area contributed by atoms with Gasteiger partial charge in [0.1, 0.15) is 0 Å². The zero-order valence-corrected chi connectivity index (χ0v) is 15.5. The van der Waals surface area contributed by atoms with Gasteiger partial charge in [-0.25, -0.2) is 0 Å². The summed E-state index contributed by atoms with van der Waals surface area (Å²) < 4.78 is 11.0. The molecule has 2 aromatic carbocycles. The number of hydrogen-bond acceptors (Lipinski definition) is 3. The standard InChI is InChI=1S/C22H24N2O3/c1-2-3-10-23-22(25)12-17(15-8-9-20-21(11-15)27-14-26-20)18-13-24-19-7-5-4-6-16(18)19/h4-9,11,13,17,24H,2-3,10,12,14H2,1H3,(H,23,25)/t17-/m0/s1. The molecule has 5 nitrogen and oxygen atoms in total. The Labute approximate surface area is 158 Å². The number of fused-ring (bicyclic) bond motifs is 2. The number of ether oxygens (including phenoxy) is 2. The molecule has 0 fully saturated rings. The van der Waals surface area contributed by atoms with E-state index in [1.54, 1.807) is 0 Å². The maximum absolute atomic E-state index is 12.6. The smallest absolute Gasteiger partial charge is 0.231 e. The van der Waals surface area contributed by atoms with E-state index in [0.717, 1.165) is 52.9 Å². The Balaban J connectivity index is 1.68. The van der Waals surface area contributed by atoms with Crippen LogP contribution in [0.5, 0.6) is 11.5 Å². The maximum Gasteiger partial charge on any atom is 0.231 e. The highest BCUT2D eigenvalue weighted by Gasteiger charge is 2.24. The number of benzene rings is 2. The molecule has 0 aliphatic carbocycles. The zero-order valence-electron chi connectivity index (χ0n) is 15.5. The van der Waals surface area contributed by atoms with Gasteiger partial charge < -0.3 is 19.8 Å². The van der Waals surface area contributed by atoms with Gasteiger partial charge in [0.2, 0.25) is 12.7 Å². The number of para-hydroxylation sites is 1. The van der Waals surface area contributed by atoms with E-state index in [2.05, 4.69) is 29.4 Å². The first-order valence-corrected chi connectivity index (χ1v) is 9.48. The SMILES string of the molecule is CCCCNC(=O)C[C@@H](c1ccc2c(c1)OCO2)c1c[nH]c2ccccc12. The Morgan fingerprint density at radius 3 is 2.93 bits per heavy atom. The van der Waals surface area contributed by atoms with E-state index in [9.17, 15) is 4.79 Å². The van der Waals surface area contributed by atoms with Crippen LogP contribution >= 0.6 is 0 Å². The van der Waals surface area contributed by atoms with Crippen LogP contribution in [-0.2, 0) is 4.79 Å². The average Bonchev–Trinajstić information content (AvgIpc) is 3.32. The van der Waals surface area contributed by atoms with Crippen LogP contribution in [0, 0.1) is 0 Å². The van der Waals surface area contributed by atoms with Gasteiger partial charge in [-0.1, -0.05) is 37.6 Å². The van der Waals surface area contributed by atoms with Crippen LogP contribution in [0.1, 0.15) is 43.2 Å². The molecule has 27 heavy (non-hydrogen) atoms. The lowest BCUT2D eigenvalue weighted by Gasteiger charge is -2.18. The van der Waals surface area contributed by atoms with E-state index in [-0.39, 0.29) is 18.6 Å². The van der Waals surface area contributed by atoms with E-state index in [0.29, 0.717) is 6.42 Å². The number of carbonyl (C=O) groups is 1. The molecule has 1 aromatic heterocycles. The van der Waals surface area contributed by atoms with Crippen molar-refractivity contribution in [3.8, 4) is 11.5 Å². The Bertz CT molecular complexity index is 948.